The van der Waals surface area contributed by atoms with Crippen LogP contribution in [0.1, 0.15) is 36.8 Å². The Hall–Kier alpha value is -1.88. The van der Waals surface area contributed by atoms with E-state index < -0.39 is 12.0 Å². The topological polar surface area (TPSA) is 60.9 Å². The van der Waals surface area contributed by atoms with Gasteiger partial charge in [0.05, 0.1) is 6.42 Å². The summed E-state index contributed by atoms with van der Waals surface area (Å²) in [7, 11) is 0. The molecule has 124 valence electrons. The summed E-state index contributed by atoms with van der Waals surface area (Å²) in [4.78, 5) is 27.5. The van der Waals surface area contributed by atoms with Gasteiger partial charge in [-0.1, -0.05) is 24.3 Å². The van der Waals surface area contributed by atoms with Crippen LogP contribution in [0.3, 0.4) is 0 Å². The Labute approximate surface area is 136 Å². The van der Waals surface area contributed by atoms with E-state index in [1.807, 2.05) is 12.1 Å². The molecule has 1 amide bonds. The first-order valence-electron chi connectivity index (χ1n) is 8.46. The van der Waals surface area contributed by atoms with E-state index in [0.29, 0.717) is 13.0 Å². The maximum Gasteiger partial charge on any atom is 0.326 e. The number of hydrogen-bond donors (Lipinski definition) is 1. The van der Waals surface area contributed by atoms with Crippen molar-refractivity contribution in [2.75, 3.05) is 19.6 Å². The molecular weight excluding hydrogens is 292 g/mol. The second-order valence-corrected chi connectivity index (χ2v) is 6.56. The fraction of sp³-hybridized carbons (Fsp3) is 0.556. The van der Waals surface area contributed by atoms with Gasteiger partial charge >= 0.3 is 5.97 Å². The zero-order chi connectivity index (χ0) is 16.2. The van der Waals surface area contributed by atoms with Crippen LogP contribution in [0.15, 0.2) is 24.3 Å². The number of carbonyl (C=O) groups excluding carboxylic acids is 1. The van der Waals surface area contributed by atoms with Gasteiger partial charge in [0.2, 0.25) is 5.91 Å². The Bertz CT molecular complexity index is 564. The van der Waals surface area contributed by atoms with Crippen molar-refractivity contribution in [3.8, 4) is 0 Å². The van der Waals surface area contributed by atoms with Gasteiger partial charge in [-0.25, -0.2) is 4.79 Å². The Morgan fingerprint density at radius 1 is 1.00 bits per heavy atom. The predicted octanol–water partition coefficient (Wildman–Crippen LogP) is 1.90. The Morgan fingerprint density at radius 3 is 2.30 bits per heavy atom. The molecule has 0 aromatic heterocycles. The largest absolute Gasteiger partial charge is 0.480 e. The number of aliphatic carboxylic acids is 1. The van der Waals surface area contributed by atoms with E-state index in [1.54, 1.807) is 0 Å². The summed E-state index contributed by atoms with van der Waals surface area (Å²) in [5, 5.41) is 9.17. The van der Waals surface area contributed by atoms with Crippen molar-refractivity contribution in [2.45, 2.75) is 44.7 Å². The maximum atomic E-state index is 12.3. The lowest BCUT2D eigenvalue weighted by atomic mass is 10.1. The molecule has 5 nitrogen and oxygen atoms in total. The second kappa shape index (κ2) is 7.13. The molecule has 0 spiro atoms. The zero-order valence-corrected chi connectivity index (χ0v) is 13.4. The summed E-state index contributed by atoms with van der Waals surface area (Å²) in [5.74, 6) is -0.973. The van der Waals surface area contributed by atoms with Gasteiger partial charge in [0.25, 0.3) is 0 Å². The highest BCUT2D eigenvalue weighted by Crippen LogP contribution is 2.19. The van der Waals surface area contributed by atoms with E-state index in [1.165, 1.54) is 36.4 Å². The summed E-state index contributed by atoms with van der Waals surface area (Å²) in [6.45, 7) is 3.88. The zero-order valence-electron chi connectivity index (χ0n) is 13.4. The minimum Gasteiger partial charge on any atom is -0.480 e. The molecule has 1 N–H and O–H groups in total. The number of rotatable bonds is 5. The molecule has 0 aliphatic carbocycles. The molecule has 1 atom stereocenters. The molecule has 0 saturated carbocycles. The van der Waals surface area contributed by atoms with Crippen molar-refractivity contribution in [3.63, 3.8) is 0 Å². The molecule has 5 heteroatoms. The first-order chi connectivity index (χ1) is 11.1. The lowest BCUT2D eigenvalue weighted by molar-refractivity contribution is -0.148. The molecule has 2 heterocycles. The van der Waals surface area contributed by atoms with E-state index >= 15 is 0 Å². The number of carboxylic acid groups (broad SMARTS) is 1. The average Bonchev–Trinajstić information content (AvgIpc) is 3.20. The highest BCUT2D eigenvalue weighted by Gasteiger charge is 2.33. The fourth-order valence-corrected chi connectivity index (χ4v) is 3.56. The molecule has 2 aliphatic rings. The van der Waals surface area contributed by atoms with E-state index in [0.717, 1.165) is 18.5 Å². The molecule has 1 aromatic carbocycles. The average molecular weight is 316 g/mol. The second-order valence-electron chi connectivity index (χ2n) is 6.56. The quantitative estimate of drug-likeness (QED) is 0.901. The third-order valence-electron chi connectivity index (χ3n) is 4.84. The van der Waals surface area contributed by atoms with Gasteiger partial charge < -0.3 is 10.0 Å². The molecule has 23 heavy (non-hydrogen) atoms. The third kappa shape index (κ3) is 3.91. The molecular formula is C18H24N2O3. The first-order valence-corrected chi connectivity index (χ1v) is 8.46. The molecule has 1 aromatic rings. The summed E-state index contributed by atoms with van der Waals surface area (Å²) in [5.41, 5.74) is 2.23. The Morgan fingerprint density at radius 2 is 1.65 bits per heavy atom. The van der Waals surface area contributed by atoms with Crippen LogP contribution in [0.5, 0.6) is 0 Å². The van der Waals surface area contributed by atoms with Crippen LogP contribution in [0.4, 0.5) is 0 Å². The number of amides is 1. The fourth-order valence-electron chi connectivity index (χ4n) is 3.56. The van der Waals surface area contributed by atoms with Gasteiger partial charge in [-0.2, -0.15) is 0 Å². The molecule has 2 aliphatic heterocycles. The van der Waals surface area contributed by atoms with Gasteiger partial charge in [0, 0.05) is 13.1 Å². The van der Waals surface area contributed by atoms with Crippen molar-refractivity contribution < 1.29 is 14.7 Å². The monoisotopic (exact) mass is 316 g/mol. The van der Waals surface area contributed by atoms with Crippen LogP contribution >= 0.6 is 0 Å². The third-order valence-corrected chi connectivity index (χ3v) is 4.84. The minimum atomic E-state index is -0.892. The number of likely N-dealkylation sites (tertiary alicyclic amines) is 2. The maximum absolute atomic E-state index is 12.3. The Balaban J connectivity index is 1.57. The minimum absolute atomic E-state index is 0.0813. The molecule has 2 fully saturated rings. The Kier molecular flexibility index (Phi) is 4.96. The van der Waals surface area contributed by atoms with E-state index in [9.17, 15) is 14.7 Å². The summed E-state index contributed by atoms with van der Waals surface area (Å²) >= 11 is 0. The number of carboxylic acids is 1. The number of hydrogen-bond acceptors (Lipinski definition) is 3. The lowest BCUT2D eigenvalue weighted by Gasteiger charge is -2.21. The normalized spacial score (nSPS) is 21.7. The molecule has 2 saturated heterocycles. The molecule has 3 rings (SSSR count). The van der Waals surface area contributed by atoms with E-state index in [4.69, 9.17) is 0 Å². The summed E-state index contributed by atoms with van der Waals surface area (Å²) < 4.78 is 0. The van der Waals surface area contributed by atoms with E-state index in [-0.39, 0.29) is 12.3 Å². The first kappa shape index (κ1) is 16.0. The smallest absolute Gasteiger partial charge is 0.326 e. The van der Waals surface area contributed by atoms with Crippen molar-refractivity contribution in [2.24, 2.45) is 0 Å². The number of carbonyl (C=O) groups is 2. The van der Waals surface area contributed by atoms with Crippen LogP contribution in [-0.2, 0) is 22.6 Å². The number of nitrogens with zero attached hydrogens (tertiary/aromatic N) is 2. The lowest BCUT2D eigenvalue weighted by Crippen LogP contribution is -2.41. The van der Waals surface area contributed by atoms with Crippen molar-refractivity contribution >= 4 is 11.9 Å². The van der Waals surface area contributed by atoms with Crippen LogP contribution < -0.4 is 0 Å². The highest BCUT2D eigenvalue weighted by molar-refractivity contribution is 5.85. The van der Waals surface area contributed by atoms with Crippen LogP contribution in [0.2, 0.25) is 0 Å². The molecule has 1 unspecified atom stereocenters. The van der Waals surface area contributed by atoms with Gasteiger partial charge in [-0.05, 0) is 49.9 Å². The number of benzene rings is 1. The van der Waals surface area contributed by atoms with Crippen LogP contribution in [0, 0.1) is 0 Å². The van der Waals surface area contributed by atoms with Gasteiger partial charge in [0.1, 0.15) is 6.04 Å². The predicted molar refractivity (Wildman–Crippen MR) is 87.0 cm³/mol. The standard InChI is InChI=1S/C18H24N2O3/c21-17(20-11-3-4-16(20)18(22)23)12-14-5-7-15(8-6-14)13-19-9-1-2-10-19/h5-8,16H,1-4,9-13H2,(H,22,23). The van der Waals surface area contributed by atoms with Crippen molar-refractivity contribution in [3.05, 3.63) is 35.4 Å². The van der Waals surface area contributed by atoms with Crippen LogP contribution in [-0.4, -0.2) is 52.5 Å². The molecule has 0 radical (unpaired) electrons. The SMILES string of the molecule is O=C(O)C1CCCN1C(=O)Cc1ccc(CN2CCCC2)cc1. The molecule has 0 bridgehead atoms. The van der Waals surface area contributed by atoms with Crippen molar-refractivity contribution in [1.82, 2.24) is 9.80 Å². The van der Waals surface area contributed by atoms with Gasteiger partial charge in [-0.15, -0.1) is 0 Å². The van der Waals surface area contributed by atoms with Crippen LogP contribution in [0.25, 0.3) is 0 Å². The van der Waals surface area contributed by atoms with Gasteiger partial charge in [0.15, 0.2) is 0 Å². The summed E-state index contributed by atoms with van der Waals surface area (Å²) in [6, 6.07) is 7.51. The van der Waals surface area contributed by atoms with Crippen molar-refractivity contribution in [1.29, 1.82) is 0 Å². The summed E-state index contributed by atoms with van der Waals surface area (Å²) in [6.07, 6.45) is 4.20. The van der Waals surface area contributed by atoms with E-state index in [2.05, 4.69) is 17.0 Å². The van der Waals surface area contributed by atoms with Gasteiger partial charge in [-0.3, -0.25) is 9.69 Å². The highest BCUT2D eigenvalue weighted by atomic mass is 16.4.